The van der Waals surface area contributed by atoms with Crippen LogP contribution < -0.4 is 4.90 Å². The van der Waals surface area contributed by atoms with Gasteiger partial charge in [0.1, 0.15) is 5.82 Å². The maximum Gasteiger partial charge on any atom is 0.236 e. The topological polar surface area (TPSA) is 26.8 Å². The summed E-state index contributed by atoms with van der Waals surface area (Å²) in [6.07, 6.45) is 3.47. The predicted molar refractivity (Wildman–Crippen MR) is 90.1 cm³/mol. The Morgan fingerprint density at radius 1 is 1.13 bits per heavy atom. The Kier molecular flexibility index (Phi) is 5.16. The van der Waals surface area contributed by atoms with Crippen molar-refractivity contribution in [1.82, 2.24) is 9.80 Å². The van der Waals surface area contributed by atoms with Crippen LogP contribution in [0.1, 0.15) is 26.2 Å². The fourth-order valence-electron chi connectivity index (χ4n) is 3.61. The standard InChI is InChI=1S/C18H26FN3O/c1-15-6-4-5-9-22(15)18(23)14-20-10-12-21(13-11-20)17-8-3-2-7-16(17)19/h2-3,7-8,15H,4-6,9-14H2,1H3. The number of para-hydroxylation sites is 1. The lowest BCUT2D eigenvalue weighted by molar-refractivity contribution is -0.135. The summed E-state index contributed by atoms with van der Waals surface area (Å²) in [5.41, 5.74) is 0.670. The Morgan fingerprint density at radius 2 is 1.87 bits per heavy atom. The highest BCUT2D eigenvalue weighted by molar-refractivity contribution is 5.78. The molecule has 126 valence electrons. The number of carbonyl (C=O) groups excluding carboxylic acids is 1. The summed E-state index contributed by atoms with van der Waals surface area (Å²) in [5, 5.41) is 0. The molecule has 2 saturated heterocycles. The number of likely N-dealkylation sites (tertiary alicyclic amines) is 1. The maximum atomic E-state index is 13.9. The molecule has 5 heteroatoms. The molecule has 0 bridgehead atoms. The van der Waals surface area contributed by atoms with Gasteiger partial charge in [0.25, 0.3) is 0 Å². The first-order valence-corrected chi connectivity index (χ1v) is 8.66. The molecule has 23 heavy (non-hydrogen) atoms. The Hall–Kier alpha value is -1.62. The van der Waals surface area contributed by atoms with Crippen molar-refractivity contribution >= 4 is 11.6 Å². The third kappa shape index (κ3) is 3.83. The molecule has 0 saturated carbocycles. The molecule has 1 unspecified atom stereocenters. The van der Waals surface area contributed by atoms with Crippen molar-refractivity contribution < 1.29 is 9.18 Å². The first-order chi connectivity index (χ1) is 11.1. The van der Waals surface area contributed by atoms with Crippen molar-refractivity contribution in [3.05, 3.63) is 30.1 Å². The molecule has 2 aliphatic heterocycles. The van der Waals surface area contributed by atoms with Crippen molar-refractivity contribution in [2.45, 2.75) is 32.2 Å². The van der Waals surface area contributed by atoms with Crippen molar-refractivity contribution in [2.24, 2.45) is 0 Å². The van der Waals surface area contributed by atoms with Gasteiger partial charge in [0.15, 0.2) is 0 Å². The van der Waals surface area contributed by atoms with E-state index in [1.807, 2.05) is 17.0 Å². The van der Waals surface area contributed by atoms with Gasteiger partial charge in [0, 0.05) is 38.8 Å². The Bertz CT molecular complexity index is 543. The van der Waals surface area contributed by atoms with Crippen LogP contribution in [0.4, 0.5) is 10.1 Å². The number of halogens is 1. The third-order valence-corrected chi connectivity index (χ3v) is 5.05. The Labute approximate surface area is 137 Å². The molecule has 0 radical (unpaired) electrons. The number of piperidine rings is 1. The number of rotatable bonds is 3. The van der Waals surface area contributed by atoms with E-state index >= 15 is 0 Å². The van der Waals surface area contributed by atoms with Gasteiger partial charge >= 0.3 is 0 Å². The lowest BCUT2D eigenvalue weighted by atomic mass is 10.0. The van der Waals surface area contributed by atoms with Crippen LogP contribution in [-0.4, -0.2) is 61.0 Å². The van der Waals surface area contributed by atoms with Crippen LogP contribution in [0, 0.1) is 5.82 Å². The van der Waals surface area contributed by atoms with Crippen molar-refractivity contribution in [3.63, 3.8) is 0 Å². The number of carbonyl (C=O) groups is 1. The summed E-state index contributed by atoms with van der Waals surface area (Å²) in [6.45, 7) is 6.69. The number of hydrogen-bond acceptors (Lipinski definition) is 3. The summed E-state index contributed by atoms with van der Waals surface area (Å²) in [6, 6.07) is 7.28. The lowest BCUT2D eigenvalue weighted by Crippen LogP contribution is -2.52. The molecule has 2 heterocycles. The highest BCUT2D eigenvalue weighted by Crippen LogP contribution is 2.21. The van der Waals surface area contributed by atoms with E-state index < -0.39 is 0 Å². The second kappa shape index (κ2) is 7.30. The van der Waals surface area contributed by atoms with Gasteiger partial charge in [-0.05, 0) is 38.3 Å². The second-order valence-corrected chi connectivity index (χ2v) is 6.65. The molecule has 1 aromatic carbocycles. The van der Waals surface area contributed by atoms with Crippen LogP contribution in [0.5, 0.6) is 0 Å². The van der Waals surface area contributed by atoms with E-state index in [9.17, 15) is 9.18 Å². The van der Waals surface area contributed by atoms with E-state index in [1.54, 1.807) is 6.07 Å². The number of benzene rings is 1. The van der Waals surface area contributed by atoms with E-state index in [0.29, 0.717) is 18.3 Å². The molecule has 0 aromatic heterocycles. The largest absolute Gasteiger partial charge is 0.367 e. The molecule has 4 nitrogen and oxygen atoms in total. The minimum atomic E-state index is -0.167. The second-order valence-electron chi connectivity index (χ2n) is 6.65. The fraction of sp³-hybridized carbons (Fsp3) is 0.611. The zero-order valence-corrected chi connectivity index (χ0v) is 13.9. The Morgan fingerprint density at radius 3 is 2.57 bits per heavy atom. The molecule has 0 N–H and O–H groups in total. The predicted octanol–water partition coefficient (Wildman–Crippen LogP) is 2.35. The van der Waals surface area contributed by atoms with Gasteiger partial charge in [-0.1, -0.05) is 12.1 Å². The van der Waals surface area contributed by atoms with Crippen LogP contribution >= 0.6 is 0 Å². The molecule has 0 aliphatic carbocycles. The summed E-state index contributed by atoms with van der Waals surface area (Å²) < 4.78 is 13.9. The van der Waals surface area contributed by atoms with Crippen molar-refractivity contribution in [2.75, 3.05) is 44.2 Å². The number of piperazine rings is 1. The van der Waals surface area contributed by atoms with E-state index in [0.717, 1.165) is 45.6 Å². The normalized spacial score (nSPS) is 23.1. The van der Waals surface area contributed by atoms with Gasteiger partial charge in [-0.3, -0.25) is 9.69 Å². The molecule has 1 atom stereocenters. The number of hydrogen-bond donors (Lipinski definition) is 0. The first-order valence-electron chi connectivity index (χ1n) is 8.66. The van der Waals surface area contributed by atoms with Crippen LogP contribution in [0.15, 0.2) is 24.3 Å². The van der Waals surface area contributed by atoms with Crippen LogP contribution in [0.25, 0.3) is 0 Å². The van der Waals surface area contributed by atoms with Gasteiger partial charge < -0.3 is 9.80 Å². The molecule has 1 aromatic rings. The monoisotopic (exact) mass is 319 g/mol. The molecule has 1 amide bonds. The van der Waals surface area contributed by atoms with Gasteiger partial charge in [0.05, 0.1) is 12.2 Å². The van der Waals surface area contributed by atoms with Crippen LogP contribution in [-0.2, 0) is 4.79 Å². The molecular formula is C18H26FN3O. The highest BCUT2D eigenvalue weighted by Gasteiger charge is 2.26. The summed E-state index contributed by atoms with van der Waals surface area (Å²) in [7, 11) is 0. The average Bonchev–Trinajstić information content (AvgIpc) is 2.56. The van der Waals surface area contributed by atoms with Gasteiger partial charge in [-0.2, -0.15) is 0 Å². The van der Waals surface area contributed by atoms with Crippen LogP contribution in [0.2, 0.25) is 0 Å². The van der Waals surface area contributed by atoms with Crippen LogP contribution in [0.3, 0.4) is 0 Å². The first kappa shape index (κ1) is 16.2. The smallest absolute Gasteiger partial charge is 0.236 e. The van der Waals surface area contributed by atoms with E-state index in [4.69, 9.17) is 0 Å². The minimum absolute atomic E-state index is 0.167. The number of nitrogens with zero attached hydrogens (tertiary/aromatic N) is 3. The SMILES string of the molecule is CC1CCCCN1C(=O)CN1CCN(c2ccccc2F)CC1. The molecule has 2 fully saturated rings. The maximum absolute atomic E-state index is 13.9. The molecule has 3 rings (SSSR count). The van der Waals surface area contributed by atoms with Crippen molar-refractivity contribution in [3.8, 4) is 0 Å². The molecule has 0 spiro atoms. The summed E-state index contributed by atoms with van der Waals surface area (Å²) >= 11 is 0. The zero-order valence-electron chi connectivity index (χ0n) is 13.9. The van der Waals surface area contributed by atoms with E-state index in [-0.39, 0.29) is 11.7 Å². The highest BCUT2D eigenvalue weighted by atomic mass is 19.1. The van der Waals surface area contributed by atoms with E-state index in [2.05, 4.69) is 16.7 Å². The van der Waals surface area contributed by atoms with Crippen molar-refractivity contribution in [1.29, 1.82) is 0 Å². The quantitative estimate of drug-likeness (QED) is 0.856. The molecule has 2 aliphatic rings. The number of amides is 1. The lowest BCUT2D eigenvalue weighted by Gasteiger charge is -2.38. The fourth-order valence-corrected chi connectivity index (χ4v) is 3.61. The summed E-state index contributed by atoms with van der Waals surface area (Å²) in [5.74, 6) is 0.0794. The van der Waals surface area contributed by atoms with Gasteiger partial charge in [-0.25, -0.2) is 4.39 Å². The molecular weight excluding hydrogens is 293 g/mol. The minimum Gasteiger partial charge on any atom is -0.367 e. The Balaban J connectivity index is 1.51. The van der Waals surface area contributed by atoms with Gasteiger partial charge in [-0.15, -0.1) is 0 Å². The summed E-state index contributed by atoms with van der Waals surface area (Å²) in [4.78, 5) is 18.8. The van der Waals surface area contributed by atoms with E-state index in [1.165, 1.54) is 12.5 Å². The number of anilines is 1. The van der Waals surface area contributed by atoms with Gasteiger partial charge in [0.2, 0.25) is 5.91 Å². The average molecular weight is 319 g/mol. The third-order valence-electron chi connectivity index (χ3n) is 5.05. The zero-order chi connectivity index (χ0) is 16.2.